The van der Waals surface area contributed by atoms with Gasteiger partial charge >= 0.3 is 0 Å². The highest BCUT2D eigenvalue weighted by molar-refractivity contribution is 6.30. The van der Waals surface area contributed by atoms with Gasteiger partial charge in [0.25, 0.3) is 0 Å². The van der Waals surface area contributed by atoms with Crippen LogP contribution in [0.4, 0.5) is 8.78 Å². The molecule has 2 aromatic carbocycles. The second kappa shape index (κ2) is 7.63. The first-order valence-electron chi connectivity index (χ1n) is 7.79. The quantitative estimate of drug-likeness (QED) is 0.494. The Labute approximate surface area is 158 Å². The molecular weight excluding hydrogens is 376 g/mol. The van der Waals surface area contributed by atoms with Gasteiger partial charge in [-0.2, -0.15) is 4.68 Å². The van der Waals surface area contributed by atoms with E-state index in [1.54, 1.807) is 43.3 Å². The number of aromatic nitrogens is 4. The van der Waals surface area contributed by atoms with E-state index in [1.165, 1.54) is 10.9 Å². The number of hydrogen-bond donors (Lipinski definition) is 0. The third kappa shape index (κ3) is 4.01. The molecule has 6 nitrogen and oxygen atoms in total. The van der Waals surface area contributed by atoms with Gasteiger partial charge in [0.05, 0.1) is 16.8 Å². The number of carbonyl (C=O) groups excluding carboxylic acids is 1. The number of halogens is 3. The lowest BCUT2D eigenvalue weighted by molar-refractivity contribution is 0.105. The molecule has 0 saturated carbocycles. The van der Waals surface area contributed by atoms with Crippen LogP contribution in [0.5, 0.6) is 0 Å². The summed E-state index contributed by atoms with van der Waals surface area (Å²) in [5.74, 6) is -2.30. The molecule has 0 amide bonds. The van der Waals surface area contributed by atoms with Crippen LogP contribution in [-0.2, 0) is 0 Å². The van der Waals surface area contributed by atoms with Gasteiger partial charge < -0.3 is 4.90 Å². The summed E-state index contributed by atoms with van der Waals surface area (Å²) in [5.41, 5.74) is 0.331. The van der Waals surface area contributed by atoms with Crippen molar-refractivity contribution in [1.29, 1.82) is 0 Å². The molecule has 0 aliphatic carbocycles. The van der Waals surface area contributed by atoms with E-state index >= 15 is 0 Å². The molecule has 0 aliphatic heterocycles. The summed E-state index contributed by atoms with van der Waals surface area (Å²) < 4.78 is 28.7. The second-order valence-electron chi connectivity index (χ2n) is 5.85. The van der Waals surface area contributed by atoms with E-state index in [9.17, 15) is 13.6 Å². The molecule has 9 heteroatoms. The van der Waals surface area contributed by atoms with Crippen molar-refractivity contribution in [2.75, 3.05) is 14.1 Å². The standard InChI is InChI=1S/C18H14ClF2N5O/c1-25(2)10-15(17(27)14-8-5-12(20)9-16(14)21)18-22-23-24-26(18)13-6-3-11(19)4-7-13/h3-10H,1-2H3/b15-10-. The SMILES string of the molecule is CN(C)/C=C(/C(=O)c1ccc(F)cc1F)c1nnnn1-c1ccc(Cl)cc1. The summed E-state index contributed by atoms with van der Waals surface area (Å²) in [6.45, 7) is 0. The van der Waals surface area contributed by atoms with Crippen molar-refractivity contribution < 1.29 is 13.6 Å². The number of benzene rings is 2. The fourth-order valence-electron chi connectivity index (χ4n) is 2.41. The van der Waals surface area contributed by atoms with E-state index in [0.29, 0.717) is 16.8 Å². The third-order valence-electron chi connectivity index (χ3n) is 3.59. The lowest BCUT2D eigenvalue weighted by Crippen LogP contribution is -2.14. The number of carbonyl (C=O) groups is 1. The maximum absolute atomic E-state index is 14.1. The van der Waals surface area contributed by atoms with Crippen LogP contribution >= 0.6 is 11.6 Å². The number of nitrogens with zero attached hydrogens (tertiary/aromatic N) is 5. The van der Waals surface area contributed by atoms with E-state index in [0.717, 1.165) is 12.1 Å². The summed E-state index contributed by atoms with van der Waals surface area (Å²) in [6, 6.07) is 9.43. The van der Waals surface area contributed by atoms with Crippen molar-refractivity contribution in [3.05, 3.63) is 76.7 Å². The second-order valence-corrected chi connectivity index (χ2v) is 6.29. The zero-order chi connectivity index (χ0) is 19.6. The van der Waals surface area contributed by atoms with Crippen LogP contribution in [0.1, 0.15) is 16.2 Å². The van der Waals surface area contributed by atoms with Crippen molar-refractivity contribution >= 4 is 23.0 Å². The molecule has 3 rings (SSSR count). The largest absolute Gasteiger partial charge is 0.383 e. The summed E-state index contributed by atoms with van der Waals surface area (Å²) in [5, 5.41) is 12.0. The normalized spacial score (nSPS) is 11.5. The molecule has 1 heterocycles. The minimum absolute atomic E-state index is 0.0467. The van der Waals surface area contributed by atoms with E-state index < -0.39 is 17.4 Å². The van der Waals surface area contributed by atoms with Crippen LogP contribution < -0.4 is 0 Å². The number of Topliss-reactive ketones (excluding diaryl/α,β-unsaturated/α-hetero) is 1. The van der Waals surface area contributed by atoms with Gasteiger partial charge in [0.15, 0.2) is 5.82 Å². The zero-order valence-corrected chi connectivity index (χ0v) is 15.2. The predicted molar refractivity (Wildman–Crippen MR) is 96.5 cm³/mol. The number of rotatable bonds is 5. The molecule has 138 valence electrons. The van der Waals surface area contributed by atoms with Gasteiger partial charge in [-0.05, 0) is 46.8 Å². The first kappa shape index (κ1) is 18.7. The molecule has 0 spiro atoms. The minimum atomic E-state index is -0.963. The average molecular weight is 390 g/mol. The van der Waals surface area contributed by atoms with E-state index in [-0.39, 0.29) is 17.0 Å². The molecule has 27 heavy (non-hydrogen) atoms. The van der Waals surface area contributed by atoms with Crippen LogP contribution in [0.2, 0.25) is 5.02 Å². The molecule has 1 aromatic heterocycles. The Balaban J connectivity index is 2.11. The molecular formula is C18H14ClF2N5O. The van der Waals surface area contributed by atoms with Gasteiger partial charge in [-0.3, -0.25) is 4.79 Å². The van der Waals surface area contributed by atoms with Crippen LogP contribution in [-0.4, -0.2) is 45.0 Å². The molecule has 0 bridgehead atoms. The van der Waals surface area contributed by atoms with Crippen LogP contribution in [0.25, 0.3) is 11.3 Å². The van der Waals surface area contributed by atoms with Crippen LogP contribution in [0, 0.1) is 11.6 Å². The highest BCUT2D eigenvalue weighted by Crippen LogP contribution is 2.23. The van der Waals surface area contributed by atoms with E-state index in [4.69, 9.17) is 11.6 Å². The smallest absolute Gasteiger partial charge is 0.201 e. The molecule has 0 saturated heterocycles. The monoisotopic (exact) mass is 389 g/mol. The van der Waals surface area contributed by atoms with Crippen molar-refractivity contribution in [1.82, 2.24) is 25.1 Å². The first-order valence-corrected chi connectivity index (χ1v) is 8.17. The molecule has 3 aromatic rings. The van der Waals surface area contributed by atoms with Gasteiger partial charge in [0, 0.05) is 31.4 Å². The van der Waals surface area contributed by atoms with Gasteiger partial charge in [-0.15, -0.1) is 5.10 Å². The maximum Gasteiger partial charge on any atom is 0.201 e. The van der Waals surface area contributed by atoms with Crippen molar-refractivity contribution in [3.63, 3.8) is 0 Å². The molecule has 0 aliphatic rings. The highest BCUT2D eigenvalue weighted by atomic mass is 35.5. The van der Waals surface area contributed by atoms with Crippen molar-refractivity contribution in [2.24, 2.45) is 0 Å². The van der Waals surface area contributed by atoms with E-state index in [1.807, 2.05) is 0 Å². The summed E-state index contributed by atoms with van der Waals surface area (Å²) >= 11 is 5.90. The molecule has 0 fully saturated rings. The maximum atomic E-state index is 14.1. The van der Waals surface area contributed by atoms with Gasteiger partial charge in [0.1, 0.15) is 11.6 Å². The summed E-state index contributed by atoms with van der Waals surface area (Å²) in [6.07, 6.45) is 1.48. The fraction of sp³-hybridized carbons (Fsp3) is 0.111. The van der Waals surface area contributed by atoms with Crippen molar-refractivity contribution in [3.8, 4) is 5.69 Å². The lowest BCUT2D eigenvalue weighted by Gasteiger charge is -2.12. The van der Waals surface area contributed by atoms with Gasteiger partial charge in [-0.25, -0.2) is 8.78 Å². The average Bonchev–Trinajstić information content (AvgIpc) is 3.09. The van der Waals surface area contributed by atoms with E-state index in [2.05, 4.69) is 15.5 Å². The fourth-order valence-corrected chi connectivity index (χ4v) is 2.53. The Morgan fingerprint density at radius 2 is 1.85 bits per heavy atom. The Bertz CT molecular complexity index is 1010. The summed E-state index contributed by atoms with van der Waals surface area (Å²) in [7, 11) is 3.40. The molecule has 0 radical (unpaired) electrons. The lowest BCUT2D eigenvalue weighted by atomic mass is 10.0. The van der Waals surface area contributed by atoms with Crippen molar-refractivity contribution in [2.45, 2.75) is 0 Å². The predicted octanol–water partition coefficient (Wildman–Crippen LogP) is 3.38. The third-order valence-corrected chi connectivity index (χ3v) is 3.84. The summed E-state index contributed by atoms with van der Waals surface area (Å²) in [4.78, 5) is 14.6. The number of allylic oxidation sites excluding steroid dienone is 1. The van der Waals surface area contributed by atoms with Gasteiger partial charge in [0.2, 0.25) is 5.78 Å². The highest BCUT2D eigenvalue weighted by Gasteiger charge is 2.24. The number of ketones is 1. The number of hydrogen-bond acceptors (Lipinski definition) is 5. The Morgan fingerprint density at radius 1 is 1.15 bits per heavy atom. The Kier molecular flexibility index (Phi) is 5.27. The Morgan fingerprint density at radius 3 is 2.48 bits per heavy atom. The topological polar surface area (TPSA) is 63.9 Å². The zero-order valence-electron chi connectivity index (χ0n) is 14.4. The number of tetrazole rings is 1. The first-order chi connectivity index (χ1) is 12.9. The molecule has 0 atom stereocenters. The Hall–Kier alpha value is -3.13. The minimum Gasteiger partial charge on any atom is -0.383 e. The van der Waals surface area contributed by atoms with Gasteiger partial charge in [-0.1, -0.05) is 11.6 Å². The van der Waals surface area contributed by atoms with Crippen LogP contribution in [0.15, 0.2) is 48.7 Å². The molecule has 0 unspecified atom stereocenters. The molecule has 0 N–H and O–H groups in total. The van der Waals surface area contributed by atoms with Crippen LogP contribution in [0.3, 0.4) is 0 Å².